The summed E-state index contributed by atoms with van der Waals surface area (Å²) in [4.78, 5) is 2.37. The van der Waals surface area contributed by atoms with E-state index >= 15 is 0 Å². The van der Waals surface area contributed by atoms with Crippen molar-refractivity contribution in [2.75, 3.05) is 26.7 Å². The lowest BCUT2D eigenvalue weighted by Crippen LogP contribution is -2.25. The summed E-state index contributed by atoms with van der Waals surface area (Å²) in [6, 6.07) is 6.53. The summed E-state index contributed by atoms with van der Waals surface area (Å²) in [7, 11) is 2.19. The molecule has 0 amide bonds. The van der Waals surface area contributed by atoms with Crippen LogP contribution in [0, 0.1) is 0 Å². The third-order valence-electron chi connectivity index (χ3n) is 4.07. The van der Waals surface area contributed by atoms with Crippen LogP contribution < -0.4 is 4.74 Å². The number of hydrogen-bond acceptors (Lipinski definition) is 2. The van der Waals surface area contributed by atoms with Gasteiger partial charge in [0.1, 0.15) is 12.4 Å². The molecule has 0 fully saturated rings. The average Bonchev–Trinajstić information content (AvgIpc) is 2.51. The van der Waals surface area contributed by atoms with Gasteiger partial charge in [0, 0.05) is 6.54 Å². The van der Waals surface area contributed by atoms with Crippen molar-refractivity contribution in [3.8, 4) is 5.75 Å². The molecular formula is C19H33NO. The molecule has 21 heavy (non-hydrogen) atoms. The summed E-state index contributed by atoms with van der Waals surface area (Å²) in [5, 5.41) is 0. The SMILES string of the molecule is CCCCCCN(C)CCOc1ccc(CC)c(CC)c1. The summed E-state index contributed by atoms with van der Waals surface area (Å²) >= 11 is 0. The van der Waals surface area contributed by atoms with E-state index in [0.29, 0.717) is 0 Å². The highest BCUT2D eigenvalue weighted by atomic mass is 16.5. The topological polar surface area (TPSA) is 12.5 Å². The summed E-state index contributed by atoms with van der Waals surface area (Å²) in [5.74, 6) is 1.02. The second-order valence-electron chi connectivity index (χ2n) is 5.85. The maximum atomic E-state index is 5.90. The Morgan fingerprint density at radius 1 is 0.905 bits per heavy atom. The lowest BCUT2D eigenvalue weighted by atomic mass is 10.0. The molecule has 2 heteroatoms. The molecule has 0 N–H and O–H groups in total. The normalized spacial score (nSPS) is 11.1. The first-order valence-electron chi connectivity index (χ1n) is 8.64. The van der Waals surface area contributed by atoms with Crippen LogP contribution in [0.3, 0.4) is 0 Å². The number of rotatable bonds is 11. The Hall–Kier alpha value is -1.02. The van der Waals surface area contributed by atoms with Gasteiger partial charge < -0.3 is 9.64 Å². The van der Waals surface area contributed by atoms with Gasteiger partial charge in [-0.2, -0.15) is 0 Å². The van der Waals surface area contributed by atoms with Crippen molar-refractivity contribution in [1.29, 1.82) is 0 Å². The van der Waals surface area contributed by atoms with Gasteiger partial charge in [-0.25, -0.2) is 0 Å². The van der Waals surface area contributed by atoms with Crippen molar-refractivity contribution in [1.82, 2.24) is 4.90 Å². The third-order valence-corrected chi connectivity index (χ3v) is 4.07. The van der Waals surface area contributed by atoms with Gasteiger partial charge in [0.05, 0.1) is 0 Å². The number of aryl methyl sites for hydroxylation is 2. The van der Waals surface area contributed by atoms with E-state index in [9.17, 15) is 0 Å². The van der Waals surface area contributed by atoms with E-state index in [1.165, 1.54) is 43.4 Å². The fraction of sp³-hybridized carbons (Fsp3) is 0.684. The second kappa shape index (κ2) is 10.7. The predicted molar refractivity (Wildman–Crippen MR) is 92.3 cm³/mol. The minimum atomic E-state index is 0.777. The molecule has 0 saturated carbocycles. The van der Waals surface area contributed by atoms with Crippen LogP contribution in [0.25, 0.3) is 0 Å². The third kappa shape index (κ3) is 6.99. The van der Waals surface area contributed by atoms with Crippen LogP contribution in [0.4, 0.5) is 0 Å². The van der Waals surface area contributed by atoms with Gasteiger partial charge in [0.2, 0.25) is 0 Å². The zero-order chi connectivity index (χ0) is 15.5. The van der Waals surface area contributed by atoms with E-state index < -0.39 is 0 Å². The van der Waals surface area contributed by atoms with Crippen molar-refractivity contribution in [2.45, 2.75) is 59.3 Å². The quantitative estimate of drug-likeness (QED) is 0.548. The van der Waals surface area contributed by atoms with Gasteiger partial charge >= 0.3 is 0 Å². The Bertz CT molecular complexity index is 389. The monoisotopic (exact) mass is 291 g/mol. The largest absolute Gasteiger partial charge is 0.492 e. The van der Waals surface area contributed by atoms with Crippen LogP contribution in [-0.4, -0.2) is 31.6 Å². The molecule has 120 valence electrons. The Balaban J connectivity index is 2.28. The number of hydrogen-bond donors (Lipinski definition) is 0. The minimum Gasteiger partial charge on any atom is -0.492 e. The Morgan fingerprint density at radius 3 is 2.33 bits per heavy atom. The first-order chi connectivity index (χ1) is 10.2. The molecule has 1 aromatic rings. The maximum absolute atomic E-state index is 5.90. The molecule has 1 aromatic carbocycles. The summed E-state index contributed by atoms with van der Waals surface area (Å²) < 4.78 is 5.90. The van der Waals surface area contributed by atoms with Crippen molar-refractivity contribution < 1.29 is 4.74 Å². The summed E-state index contributed by atoms with van der Waals surface area (Å²) in [6.45, 7) is 9.64. The number of unbranched alkanes of at least 4 members (excludes halogenated alkanes) is 3. The maximum Gasteiger partial charge on any atom is 0.119 e. The van der Waals surface area contributed by atoms with E-state index in [2.05, 4.69) is 50.9 Å². The van der Waals surface area contributed by atoms with Gasteiger partial charge in [-0.1, -0.05) is 46.1 Å². The number of likely N-dealkylation sites (N-methyl/N-ethyl adjacent to an activating group) is 1. The molecule has 0 aliphatic carbocycles. The zero-order valence-electron chi connectivity index (χ0n) is 14.5. The molecule has 0 unspecified atom stereocenters. The predicted octanol–water partition coefficient (Wildman–Crippen LogP) is 4.70. The molecule has 0 aliphatic rings. The van der Waals surface area contributed by atoms with Gasteiger partial charge in [0.15, 0.2) is 0 Å². The number of nitrogens with zero attached hydrogens (tertiary/aromatic N) is 1. The fourth-order valence-electron chi connectivity index (χ4n) is 2.61. The lowest BCUT2D eigenvalue weighted by Gasteiger charge is -2.17. The molecule has 1 rings (SSSR count). The van der Waals surface area contributed by atoms with E-state index in [4.69, 9.17) is 4.74 Å². The van der Waals surface area contributed by atoms with Crippen LogP contribution in [-0.2, 0) is 12.8 Å². The number of ether oxygens (including phenoxy) is 1. The smallest absolute Gasteiger partial charge is 0.119 e. The fourth-order valence-corrected chi connectivity index (χ4v) is 2.61. The number of benzene rings is 1. The Morgan fingerprint density at radius 2 is 1.67 bits per heavy atom. The van der Waals surface area contributed by atoms with Crippen molar-refractivity contribution in [3.63, 3.8) is 0 Å². The van der Waals surface area contributed by atoms with E-state index in [1.807, 2.05) is 0 Å². The van der Waals surface area contributed by atoms with Crippen molar-refractivity contribution in [3.05, 3.63) is 29.3 Å². The summed E-state index contributed by atoms with van der Waals surface area (Å²) in [6.07, 6.45) is 7.49. The van der Waals surface area contributed by atoms with Crippen LogP contribution in [0.15, 0.2) is 18.2 Å². The highest BCUT2D eigenvalue weighted by Gasteiger charge is 2.03. The minimum absolute atomic E-state index is 0.777. The standard InChI is InChI=1S/C19H33NO/c1-5-8-9-10-13-20(4)14-15-21-19-12-11-17(6-2)18(7-3)16-19/h11-12,16H,5-10,13-15H2,1-4H3. The highest BCUT2D eigenvalue weighted by molar-refractivity contribution is 5.35. The van der Waals surface area contributed by atoms with Crippen LogP contribution >= 0.6 is 0 Å². The zero-order valence-corrected chi connectivity index (χ0v) is 14.5. The first-order valence-corrected chi connectivity index (χ1v) is 8.64. The molecule has 0 saturated heterocycles. The van der Waals surface area contributed by atoms with Crippen molar-refractivity contribution in [2.24, 2.45) is 0 Å². The van der Waals surface area contributed by atoms with Gasteiger partial charge in [-0.3, -0.25) is 0 Å². The van der Waals surface area contributed by atoms with E-state index in [0.717, 1.165) is 31.7 Å². The Labute approximate surface area is 131 Å². The van der Waals surface area contributed by atoms with Crippen molar-refractivity contribution >= 4 is 0 Å². The van der Waals surface area contributed by atoms with Gasteiger partial charge in [-0.05, 0) is 56.1 Å². The molecule has 0 aromatic heterocycles. The first kappa shape index (κ1) is 18.0. The highest BCUT2D eigenvalue weighted by Crippen LogP contribution is 2.19. The molecular weight excluding hydrogens is 258 g/mol. The molecule has 0 bridgehead atoms. The molecule has 0 heterocycles. The lowest BCUT2D eigenvalue weighted by molar-refractivity contribution is 0.234. The Kier molecular flexibility index (Phi) is 9.16. The van der Waals surface area contributed by atoms with Gasteiger partial charge in [0.25, 0.3) is 0 Å². The second-order valence-corrected chi connectivity index (χ2v) is 5.85. The molecule has 2 nitrogen and oxygen atoms in total. The van der Waals surface area contributed by atoms with Crippen LogP contribution in [0.2, 0.25) is 0 Å². The van der Waals surface area contributed by atoms with E-state index in [1.54, 1.807) is 0 Å². The van der Waals surface area contributed by atoms with Crippen LogP contribution in [0.5, 0.6) is 5.75 Å². The van der Waals surface area contributed by atoms with Gasteiger partial charge in [-0.15, -0.1) is 0 Å². The molecule has 0 radical (unpaired) electrons. The van der Waals surface area contributed by atoms with Crippen LogP contribution in [0.1, 0.15) is 57.6 Å². The molecule has 0 spiro atoms. The van der Waals surface area contributed by atoms with E-state index in [-0.39, 0.29) is 0 Å². The summed E-state index contributed by atoms with van der Waals surface area (Å²) in [5.41, 5.74) is 2.86. The molecule has 0 atom stereocenters. The average molecular weight is 291 g/mol. The molecule has 0 aliphatic heterocycles.